The zero-order valence-electron chi connectivity index (χ0n) is 11.3. The van der Waals surface area contributed by atoms with Crippen LogP contribution in [0, 0.1) is 0 Å². The number of nitrogens with one attached hydrogen (secondary N) is 1. The highest BCUT2D eigenvalue weighted by Gasteiger charge is 2.22. The molecule has 1 aromatic carbocycles. The van der Waals surface area contributed by atoms with Crippen molar-refractivity contribution < 1.29 is 24.2 Å². The van der Waals surface area contributed by atoms with Crippen LogP contribution in [-0.4, -0.2) is 36.0 Å². The average Bonchev–Trinajstić information content (AvgIpc) is 2.42. The quantitative estimate of drug-likeness (QED) is 0.669. The van der Waals surface area contributed by atoms with Crippen LogP contribution in [0.2, 0.25) is 0 Å². The zero-order valence-corrected chi connectivity index (χ0v) is 12.8. The van der Waals surface area contributed by atoms with Gasteiger partial charge >= 0.3 is 5.97 Å². The van der Waals surface area contributed by atoms with Gasteiger partial charge in [-0.2, -0.15) is 0 Å². The maximum absolute atomic E-state index is 12.1. The van der Waals surface area contributed by atoms with E-state index in [2.05, 4.69) is 21.2 Å². The number of ether oxygens (including phenoxy) is 1. The fraction of sp³-hybridized carbons (Fsp3) is 0.308. The lowest BCUT2D eigenvalue weighted by atomic mass is 10.1. The predicted octanol–water partition coefficient (Wildman–Crippen LogP) is 0.906. The average molecular weight is 359 g/mol. The Balaban J connectivity index is 2.86. The van der Waals surface area contributed by atoms with Crippen LogP contribution >= 0.6 is 15.9 Å². The molecular weight excluding hydrogens is 344 g/mol. The number of aliphatic carboxylic acids is 1. The number of carboxylic acids is 1. The molecule has 21 heavy (non-hydrogen) atoms. The second kappa shape index (κ2) is 7.63. The second-order valence-electron chi connectivity index (χ2n) is 4.21. The van der Waals surface area contributed by atoms with Crippen molar-refractivity contribution in [3.63, 3.8) is 0 Å². The van der Waals surface area contributed by atoms with Crippen LogP contribution in [0.15, 0.2) is 22.7 Å². The van der Waals surface area contributed by atoms with Gasteiger partial charge in [0.05, 0.1) is 12.7 Å². The van der Waals surface area contributed by atoms with E-state index in [4.69, 9.17) is 15.6 Å². The van der Waals surface area contributed by atoms with Crippen molar-refractivity contribution in [3.05, 3.63) is 28.2 Å². The molecule has 1 unspecified atom stereocenters. The number of nitrogens with two attached hydrogens (primary N) is 1. The molecule has 0 aliphatic heterocycles. The smallest absolute Gasteiger partial charge is 0.326 e. The number of carbonyl (C=O) groups excluding carboxylic acids is 2. The van der Waals surface area contributed by atoms with Gasteiger partial charge in [0.25, 0.3) is 5.91 Å². The number of carbonyl (C=O) groups is 3. The van der Waals surface area contributed by atoms with Gasteiger partial charge in [-0.1, -0.05) is 15.9 Å². The van der Waals surface area contributed by atoms with Gasteiger partial charge in [0.15, 0.2) is 0 Å². The summed E-state index contributed by atoms with van der Waals surface area (Å²) in [6, 6.07) is 3.54. The number of rotatable bonds is 7. The first kappa shape index (κ1) is 17.0. The van der Waals surface area contributed by atoms with Crippen molar-refractivity contribution in [2.24, 2.45) is 5.73 Å². The summed E-state index contributed by atoms with van der Waals surface area (Å²) in [5, 5.41) is 11.4. The minimum absolute atomic E-state index is 0.0742. The van der Waals surface area contributed by atoms with E-state index in [0.29, 0.717) is 5.75 Å². The van der Waals surface area contributed by atoms with E-state index in [1.54, 1.807) is 12.1 Å². The standard InChI is InChI=1S/C13H15BrN2O5/c1-21-10-6-7(14)2-3-8(10)12(18)16-9(13(19)20)4-5-11(15)17/h2-3,6,9H,4-5H2,1H3,(H2,15,17)(H,16,18)(H,19,20). The normalized spacial score (nSPS) is 11.5. The summed E-state index contributed by atoms with van der Waals surface area (Å²) in [7, 11) is 1.40. The van der Waals surface area contributed by atoms with Gasteiger partial charge in [0.1, 0.15) is 11.8 Å². The topological polar surface area (TPSA) is 119 Å². The van der Waals surface area contributed by atoms with E-state index in [-0.39, 0.29) is 18.4 Å². The largest absolute Gasteiger partial charge is 0.496 e. The fourth-order valence-electron chi connectivity index (χ4n) is 1.63. The molecule has 7 nitrogen and oxygen atoms in total. The van der Waals surface area contributed by atoms with E-state index in [1.807, 2.05) is 0 Å². The molecule has 1 atom stereocenters. The highest BCUT2D eigenvalue weighted by molar-refractivity contribution is 9.10. The second-order valence-corrected chi connectivity index (χ2v) is 5.13. The van der Waals surface area contributed by atoms with Gasteiger partial charge in [0.2, 0.25) is 5.91 Å². The Morgan fingerprint density at radius 3 is 2.62 bits per heavy atom. The Bertz CT molecular complexity index is 561. The summed E-state index contributed by atoms with van der Waals surface area (Å²) >= 11 is 3.24. The van der Waals surface area contributed by atoms with Crippen LogP contribution in [0.25, 0.3) is 0 Å². The minimum Gasteiger partial charge on any atom is -0.496 e. The number of hydrogen-bond acceptors (Lipinski definition) is 4. The molecule has 0 aromatic heterocycles. The van der Waals surface area contributed by atoms with Crippen LogP contribution in [-0.2, 0) is 9.59 Å². The molecule has 0 saturated heterocycles. The number of amides is 2. The molecule has 0 fully saturated rings. The molecule has 0 radical (unpaired) electrons. The minimum atomic E-state index is -1.24. The number of benzene rings is 1. The molecule has 0 saturated carbocycles. The fourth-order valence-corrected chi connectivity index (χ4v) is 1.97. The summed E-state index contributed by atoms with van der Waals surface area (Å²) < 4.78 is 5.80. The Hall–Kier alpha value is -2.09. The van der Waals surface area contributed by atoms with E-state index < -0.39 is 23.8 Å². The number of carboxylic acid groups (broad SMARTS) is 1. The summed E-state index contributed by atoms with van der Waals surface area (Å²) in [5.41, 5.74) is 5.18. The molecule has 8 heteroatoms. The number of primary amides is 1. The SMILES string of the molecule is COc1cc(Br)ccc1C(=O)NC(CCC(N)=O)C(=O)O. The van der Waals surface area contributed by atoms with Crippen LogP contribution in [0.4, 0.5) is 0 Å². The molecule has 0 heterocycles. The van der Waals surface area contributed by atoms with Gasteiger partial charge in [0, 0.05) is 10.9 Å². The van der Waals surface area contributed by atoms with Gasteiger partial charge in [-0.25, -0.2) is 4.79 Å². The van der Waals surface area contributed by atoms with Gasteiger partial charge < -0.3 is 20.9 Å². The van der Waals surface area contributed by atoms with E-state index in [1.165, 1.54) is 13.2 Å². The molecular formula is C13H15BrN2O5. The zero-order chi connectivity index (χ0) is 16.0. The molecule has 0 aliphatic rings. The first-order valence-corrected chi connectivity index (χ1v) is 6.80. The van der Waals surface area contributed by atoms with Gasteiger partial charge in [-0.15, -0.1) is 0 Å². The van der Waals surface area contributed by atoms with E-state index in [0.717, 1.165) is 4.47 Å². The predicted molar refractivity (Wildman–Crippen MR) is 78.0 cm³/mol. The Morgan fingerprint density at radius 1 is 1.43 bits per heavy atom. The molecule has 1 aromatic rings. The molecule has 1 rings (SSSR count). The molecule has 0 bridgehead atoms. The number of halogens is 1. The van der Waals surface area contributed by atoms with Crippen LogP contribution in [0.3, 0.4) is 0 Å². The van der Waals surface area contributed by atoms with Crippen LogP contribution < -0.4 is 15.8 Å². The Kier molecular flexibility index (Phi) is 6.16. The summed E-state index contributed by atoms with van der Waals surface area (Å²) in [5.74, 6) is -2.16. The van der Waals surface area contributed by atoms with E-state index >= 15 is 0 Å². The van der Waals surface area contributed by atoms with Crippen molar-refractivity contribution in [1.82, 2.24) is 5.32 Å². The van der Waals surface area contributed by atoms with E-state index in [9.17, 15) is 14.4 Å². The molecule has 0 aliphatic carbocycles. The van der Waals surface area contributed by atoms with Gasteiger partial charge in [-0.3, -0.25) is 9.59 Å². The third-order valence-corrected chi connectivity index (χ3v) is 3.18. The lowest BCUT2D eigenvalue weighted by Gasteiger charge is -2.15. The summed E-state index contributed by atoms with van der Waals surface area (Å²) in [6.45, 7) is 0. The van der Waals surface area contributed by atoms with Crippen molar-refractivity contribution in [2.45, 2.75) is 18.9 Å². The Morgan fingerprint density at radius 2 is 2.10 bits per heavy atom. The highest BCUT2D eigenvalue weighted by atomic mass is 79.9. The summed E-state index contributed by atoms with van der Waals surface area (Å²) in [4.78, 5) is 33.9. The van der Waals surface area contributed by atoms with Crippen molar-refractivity contribution >= 4 is 33.7 Å². The van der Waals surface area contributed by atoms with Crippen molar-refractivity contribution in [1.29, 1.82) is 0 Å². The molecule has 2 amide bonds. The third kappa shape index (κ3) is 5.07. The van der Waals surface area contributed by atoms with Crippen LogP contribution in [0.5, 0.6) is 5.75 Å². The number of hydrogen-bond donors (Lipinski definition) is 3. The summed E-state index contributed by atoms with van der Waals surface area (Å²) in [6.07, 6.45) is -0.204. The lowest BCUT2D eigenvalue weighted by Crippen LogP contribution is -2.41. The third-order valence-electron chi connectivity index (χ3n) is 2.69. The first-order valence-electron chi connectivity index (χ1n) is 6.00. The number of methoxy groups -OCH3 is 1. The maximum Gasteiger partial charge on any atom is 0.326 e. The lowest BCUT2D eigenvalue weighted by molar-refractivity contribution is -0.139. The van der Waals surface area contributed by atoms with Crippen molar-refractivity contribution in [3.8, 4) is 5.75 Å². The monoisotopic (exact) mass is 358 g/mol. The first-order chi connectivity index (χ1) is 9.85. The molecule has 114 valence electrons. The molecule has 0 spiro atoms. The van der Waals surface area contributed by atoms with Crippen LogP contribution in [0.1, 0.15) is 23.2 Å². The van der Waals surface area contributed by atoms with Gasteiger partial charge in [-0.05, 0) is 24.6 Å². The van der Waals surface area contributed by atoms with Crippen molar-refractivity contribution in [2.75, 3.05) is 7.11 Å². The highest BCUT2D eigenvalue weighted by Crippen LogP contribution is 2.23. The maximum atomic E-state index is 12.1. The molecule has 4 N–H and O–H groups in total. The Labute approximate surface area is 129 Å².